The van der Waals surface area contributed by atoms with Crippen LogP contribution in [-0.2, 0) is 14.3 Å². The molecule has 4 nitrogen and oxygen atoms in total. The highest BCUT2D eigenvalue weighted by Gasteiger charge is 2.40. The molecule has 0 radical (unpaired) electrons. The van der Waals surface area contributed by atoms with Gasteiger partial charge in [0, 0.05) is 17.6 Å². The van der Waals surface area contributed by atoms with E-state index in [2.05, 4.69) is 5.32 Å². The molecule has 1 aromatic rings. The van der Waals surface area contributed by atoms with Gasteiger partial charge in [-0.25, -0.2) is 4.39 Å². The van der Waals surface area contributed by atoms with Crippen molar-refractivity contribution in [2.45, 2.75) is 38.9 Å². The van der Waals surface area contributed by atoms with Gasteiger partial charge in [0.1, 0.15) is 22.9 Å². The van der Waals surface area contributed by atoms with Gasteiger partial charge in [0.2, 0.25) is 0 Å². The predicted octanol–water partition coefficient (Wildman–Crippen LogP) is 3.92. The van der Waals surface area contributed by atoms with Crippen LogP contribution < -0.4 is 5.32 Å². The Hall–Kier alpha value is -2.56. The van der Waals surface area contributed by atoms with Gasteiger partial charge >= 0.3 is 0 Å². The molecule has 0 aromatic heterocycles. The number of hydrogen-bond acceptors (Lipinski definition) is 3. The smallest absolute Gasteiger partial charge is 0.260 e. The summed E-state index contributed by atoms with van der Waals surface area (Å²) in [6.45, 7) is 5.90. The first-order chi connectivity index (χ1) is 11.3. The summed E-state index contributed by atoms with van der Waals surface area (Å²) in [4.78, 5) is 12.4. The first-order valence-electron chi connectivity index (χ1n) is 7.99. The molecule has 0 fully saturated rings. The second-order valence-electron chi connectivity index (χ2n) is 6.79. The number of benzene rings is 1. The van der Waals surface area contributed by atoms with Crippen molar-refractivity contribution in [1.29, 1.82) is 0 Å². The van der Waals surface area contributed by atoms with Gasteiger partial charge in [0.15, 0.2) is 0 Å². The second kappa shape index (κ2) is 4.97. The number of anilines is 1. The van der Waals surface area contributed by atoms with Crippen molar-refractivity contribution < 1.29 is 18.7 Å². The van der Waals surface area contributed by atoms with Crippen LogP contribution in [-0.4, -0.2) is 17.6 Å². The van der Waals surface area contributed by atoms with Crippen LogP contribution in [0, 0.1) is 5.82 Å². The topological polar surface area (TPSA) is 47.6 Å². The summed E-state index contributed by atoms with van der Waals surface area (Å²) in [6.07, 6.45) is 4.91. The van der Waals surface area contributed by atoms with Crippen LogP contribution in [0.4, 0.5) is 10.1 Å². The van der Waals surface area contributed by atoms with Crippen molar-refractivity contribution in [2.24, 2.45) is 0 Å². The van der Waals surface area contributed by atoms with Gasteiger partial charge in [-0.1, -0.05) is 0 Å². The van der Waals surface area contributed by atoms with Crippen molar-refractivity contribution >= 4 is 17.2 Å². The molecule has 0 spiro atoms. The van der Waals surface area contributed by atoms with E-state index >= 15 is 0 Å². The van der Waals surface area contributed by atoms with E-state index in [1.165, 1.54) is 12.1 Å². The molecular weight excluding hydrogens is 309 g/mol. The Morgan fingerprint density at radius 1 is 1.33 bits per heavy atom. The van der Waals surface area contributed by atoms with Crippen LogP contribution in [0.1, 0.15) is 32.8 Å². The van der Waals surface area contributed by atoms with E-state index in [1.807, 2.05) is 32.9 Å². The summed E-state index contributed by atoms with van der Waals surface area (Å²) in [6, 6.07) is 4.25. The van der Waals surface area contributed by atoms with Crippen molar-refractivity contribution in [1.82, 2.24) is 0 Å². The Balaban J connectivity index is 1.82. The highest BCUT2D eigenvalue weighted by atomic mass is 19.1. The minimum Gasteiger partial charge on any atom is -0.490 e. The molecule has 3 aliphatic rings. The number of hydrogen-bond donors (Lipinski definition) is 1. The number of rotatable bonds is 1. The molecule has 124 valence electrons. The van der Waals surface area contributed by atoms with E-state index in [4.69, 9.17) is 9.47 Å². The minimum absolute atomic E-state index is 0.145. The summed E-state index contributed by atoms with van der Waals surface area (Å²) in [5.74, 6) is 0.624. The zero-order valence-corrected chi connectivity index (χ0v) is 13.8. The number of allylic oxidation sites excluding steroid dienone is 1. The Morgan fingerprint density at radius 3 is 2.83 bits per heavy atom. The molecule has 1 N–H and O–H groups in total. The third kappa shape index (κ3) is 2.23. The molecule has 3 heterocycles. The van der Waals surface area contributed by atoms with Gasteiger partial charge in [0.25, 0.3) is 5.91 Å². The number of nitrogens with one attached hydrogen (secondary N) is 1. The van der Waals surface area contributed by atoms with E-state index < -0.39 is 5.60 Å². The Morgan fingerprint density at radius 2 is 2.12 bits per heavy atom. The highest BCUT2D eigenvalue weighted by molar-refractivity contribution is 6.32. The van der Waals surface area contributed by atoms with Crippen LogP contribution in [0.15, 0.2) is 47.4 Å². The largest absolute Gasteiger partial charge is 0.490 e. The number of ether oxygens (including phenoxy) is 2. The van der Waals surface area contributed by atoms with Crippen molar-refractivity contribution in [3.8, 4) is 0 Å². The van der Waals surface area contributed by atoms with Crippen LogP contribution in [0.25, 0.3) is 5.57 Å². The predicted molar refractivity (Wildman–Crippen MR) is 88.4 cm³/mol. The second-order valence-corrected chi connectivity index (χ2v) is 6.79. The molecular formula is C19H18FNO3. The molecule has 0 saturated heterocycles. The zero-order valence-electron chi connectivity index (χ0n) is 13.8. The molecule has 1 amide bonds. The van der Waals surface area contributed by atoms with Gasteiger partial charge in [-0.05, 0) is 51.1 Å². The molecule has 5 heteroatoms. The Kier molecular flexibility index (Phi) is 3.10. The average Bonchev–Trinajstić information content (AvgIpc) is 3.13. The first-order valence-corrected chi connectivity index (χ1v) is 7.99. The average molecular weight is 327 g/mol. The first kappa shape index (κ1) is 15.0. The lowest BCUT2D eigenvalue weighted by Gasteiger charge is -2.24. The molecule has 0 bridgehead atoms. The zero-order chi connectivity index (χ0) is 17.1. The quantitative estimate of drug-likeness (QED) is 0.795. The number of carbonyl (C=O) groups excluding carboxylic acids is 1. The van der Waals surface area contributed by atoms with E-state index in [0.717, 1.165) is 17.8 Å². The number of carbonyl (C=O) groups is 1. The van der Waals surface area contributed by atoms with Gasteiger partial charge < -0.3 is 14.8 Å². The third-order valence-corrected chi connectivity index (χ3v) is 4.49. The van der Waals surface area contributed by atoms with E-state index in [1.54, 1.807) is 6.07 Å². The van der Waals surface area contributed by atoms with Crippen LogP contribution in [0.5, 0.6) is 0 Å². The van der Waals surface area contributed by atoms with Gasteiger partial charge in [-0.3, -0.25) is 4.79 Å². The molecule has 1 aromatic carbocycles. The molecule has 0 saturated carbocycles. The normalized spacial score (nSPS) is 27.2. The number of amides is 1. The summed E-state index contributed by atoms with van der Waals surface area (Å²) >= 11 is 0. The summed E-state index contributed by atoms with van der Waals surface area (Å²) in [5.41, 5.74) is 1.87. The monoisotopic (exact) mass is 327 g/mol. The molecule has 1 atom stereocenters. The maximum Gasteiger partial charge on any atom is 0.260 e. The fourth-order valence-corrected chi connectivity index (χ4v) is 3.30. The summed E-state index contributed by atoms with van der Waals surface area (Å²) in [5, 5.41) is 2.69. The lowest BCUT2D eigenvalue weighted by molar-refractivity contribution is -0.111. The van der Waals surface area contributed by atoms with Crippen LogP contribution in [0.2, 0.25) is 0 Å². The van der Waals surface area contributed by atoms with Crippen LogP contribution >= 0.6 is 0 Å². The molecule has 24 heavy (non-hydrogen) atoms. The lowest BCUT2D eigenvalue weighted by atomic mass is 9.97. The molecule has 3 aliphatic heterocycles. The van der Waals surface area contributed by atoms with Gasteiger partial charge in [0.05, 0.1) is 17.4 Å². The Labute approximate surface area is 139 Å². The fourth-order valence-electron chi connectivity index (χ4n) is 3.30. The van der Waals surface area contributed by atoms with E-state index in [0.29, 0.717) is 22.6 Å². The highest BCUT2D eigenvalue weighted by Crippen LogP contribution is 2.44. The lowest BCUT2D eigenvalue weighted by Crippen LogP contribution is -2.23. The summed E-state index contributed by atoms with van der Waals surface area (Å²) in [7, 11) is 0. The maximum absolute atomic E-state index is 13.4. The minimum atomic E-state index is -0.596. The van der Waals surface area contributed by atoms with Crippen molar-refractivity contribution in [3.63, 3.8) is 0 Å². The van der Waals surface area contributed by atoms with Gasteiger partial charge in [-0.15, -0.1) is 0 Å². The summed E-state index contributed by atoms with van der Waals surface area (Å²) < 4.78 is 25.3. The van der Waals surface area contributed by atoms with Crippen LogP contribution in [0.3, 0.4) is 0 Å². The third-order valence-electron chi connectivity index (χ3n) is 4.49. The number of halogens is 1. The Bertz CT molecular complexity index is 848. The fraction of sp³-hybridized carbons (Fsp3) is 0.316. The van der Waals surface area contributed by atoms with Gasteiger partial charge in [-0.2, -0.15) is 0 Å². The molecule has 1 unspecified atom stereocenters. The SMILES string of the molecule is CC1CC=C(C2=C/C(=C3\C(=O)Nc4cc(F)ccc43)OC2(C)C)O1. The molecule has 4 rings (SSSR count). The maximum atomic E-state index is 13.4. The van der Waals surface area contributed by atoms with Crippen molar-refractivity contribution in [2.75, 3.05) is 5.32 Å². The van der Waals surface area contributed by atoms with E-state index in [9.17, 15) is 9.18 Å². The van der Waals surface area contributed by atoms with Crippen molar-refractivity contribution in [3.05, 3.63) is 58.8 Å². The van der Waals surface area contributed by atoms with E-state index in [-0.39, 0.29) is 17.8 Å². The standard InChI is InChI=1S/C19H18FNO3/c1-10-4-7-15(23-10)13-9-16(24-19(13,2)3)17-12-6-5-11(20)8-14(12)21-18(17)22/h5-10H,4H2,1-3H3,(H,21,22)/b17-16+. The molecule has 0 aliphatic carbocycles. The number of fused-ring (bicyclic) bond motifs is 1.